The number of hydrogen-bond donors (Lipinski definition) is 1. The van der Waals surface area contributed by atoms with Gasteiger partial charge in [-0.3, -0.25) is 10.1 Å². The van der Waals surface area contributed by atoms with E-state index >= 15 is 0 Å². The highest BCUT2D eigenvalue weighted by Gasteiger charge is 2.26. The second-order valence-corrected chi connectivity index (χ2v) is 4.98. The molecule has 0 radical (unpaired) electrons. The van der Waals surface area contributed by atoms with Crippen molar-refractivity contribution in [2.45, 2.75) is 31.8 Å². The minimum Gasteiger partial charge on any atom is -0.490 e. The Bertz CT molecular complexity index is 539. The van der Waals surface area contributed by atoms with Crippen LogP contribution >= 0.6 is 0 Å². The van der Waals surface area contributed by atoms with Crippen molar-refractivity contribution in [1.82, 2.24) is 0 Å². The second-order valence-electron chi connectivity index (χ2n) is 4.98. The Morgan fingerprint density at radius 2 is 2.20 bits per heavy atom. The molecule has 0 amide bonds. The Hall–Kier alpha value is -2.13. The minimum absolute atomic E-state index is 0.0209. The van der Waals surface area contributed by atoms with Crippen LogP contribution in [-0.4, -0.2) is 17.6 Å². The molecule has 6 heteroatoms. The molecule has 6 nitrogen and oxygen atoms in total. The van der Waals surface area contributed by atoms with E-state index < -0.39 is 4.92 Å². The number of nitro benzene ring substituents is 1. The zero-order valence-electron chi connectivity index (χ0n) is 11.1. The molecule has 1 fully saturated rings. The third-order valence-corrected chi connectivity index (χ3v) is 3.71. The van der Waals surface area contributed by atoms with Crippen LogP contribution in [0.3, 0.4) is 0 Å². The molecule has 20 heavy (non-hydrogen) atoms. The predicted octanol–water partition coefficient (Wildman–Crippen LogP) is 2.36. The van der Waals surface area contributed by atoms with Gasteiger partial charge in [-0.15, -0.1) is 0 Å². The van der Waals surface area contributed by atoms with Crippen molar-refractivity contribution in [2.24, 2.45) is 11.7 Å². The number of nitrogens with two attached hydrogens (primary N) is 1. The van der Waals surface area contributed by atoms with Crippen LogP contribution < -0.4 is 10.5 Å². The molecule has 1 aromatic carbocycles. The van der Waals surface area contributed by atoms with E-state index in [1.54, 1.807) is 6.07 Å². The fourth-order valence-corrected chi connectivity index (χ4v) is 2.61. The van der Waals surface area contributed by atoms with Crippen LogP contribution in [0.4, 0.5) is 5.69 Å². The normalized spacial score (nSPS) is 22.0. The third-order valence-electron chi connectivity index (χ3n) is 3.71. The highest BCUT2D eigenvalue weighted by Crippen LogP contribution is 2.30. The van der Waals surface area contributed by atoms with E-state index in [-0.39, 0.29) is 17.4 Å². The van der Waals surface area contributed by atoms with Gasteiger partial charge >= 0.3 is 0 Å². The van der Waals surface area contributed by atoms with E-state index in [4.69, 9.17) is 15.7 Å². The van der Waals surface area contributed by atoms with Crippen molar-refractivity contribution in [3.63, 3.8) is 0 Å². The fraction of sp³-hybridized carbons (Fsp3) is 0.500. The number of nitro groups is 1. The van der Waals surface area contributed by atoms with Crippen molar-refractivity contribution in [3.8, 4) is 11.8 Å². The maximum atomic E-state index is 10.8. The summed E-state index contributed by atoms with van der Waals surface area (Å²) in [6.07, 6.45) is 4.26. The second kappa shape index (κ2) is 6.35. The van der Waals surface area contributed by atoms with Gasteiger partial charge < -0.3 is 10.5 Å². The Labute approximate surface area is 117 Å². The largest absolute Gasteiger partial charge is 0.490 e. The van der Waals surface area contributed by atoms with E-state index in [1.165, 1.54) is 12.1 Å². The average molecular weight is 275 g/mol. The highest BCUT2D eigenvalue weighted by atomic mass is 16.6. The van der Waals surface area contributed by atoms with Gasteiger partial charge in [0, 0.05) is 18.1 Å². The Balaban J connectivity index is 2.17. The molecule has 0 bridgehead atoms. The molecule has 0 aromatic heterocycles. The zero-order valence-corrected chi connectivity index (χ0v) is 11.1. The molecule has 0 spiro atoms. The number of nitriles is 1. The van der Waals surface area contributed by atoms with Crippen molar-refractivity contribution in [3.05, 3.63) is 33.9 Å². The molecular weight excluding hydrogens is 258 g/mol. The van der Waals surface area contributed by atoms with Crippen molar-refractivity contribution < 1.29 is 9.66 Å². The van der Waals surface area contributed by atoms with Gasteiger partial charge in [-0.05, 0) is 31.9 Å². The summed E-state index contributed by atoms with van der Waals surface area (Å²) in [7, 11) is 0. The van der Waals surface area contributed by atoms with Crippen molar-refractivity contribution in [1.29, 1.82) is 5.26 Å². The summed E-state index contributed by atoms with van der Waals surface area (Å²) in [5, 5.41) is 19.7. The summed E-state index contributed by atoms with van der Waals surface area (Å²) in [4.78, 5) is 10.2. The minimum atomic E-state index is -0.564. The Morgan fingerprint density at radius 3 is 2.85 bits per heavy atom. The molecule has 2 atom stereocenters. The molecule has 2 rings (SSSR count). The molecule has 2 unspecified atom stereocenters. The first-order chi connectivity index (χ1) is 9.65. The van der Waals surface area contributed by atoms with Gasteiger partial charge in [0.15, 0.2) is 0 Å². The van der Waals surface area contributed by atoms with Gasteiger partial charge in [0.2, 0.25) is 0 Å². The first-order valence-corrected chi connectivity index (χ1v) is 6.71. The van der Waals surface area contributed by atoms with E-state index in [0.717, 1.165) is 25.7 Å². The van der Waals surface area contributed by atoms with Crippen molar-refractivity contribution >= 4 is 5.69 Å². The first-order valence-electron chi connectivity index (χ1n) is 6.71. The Kier molecular flexibility index (Phi) is 4.53. The Morgan fingerprint density at radius 1 is 1.45 bits per heavy atom. The van der Waals surface area contributed by atoms with Gasteiger partial charge in [0.05, 0.1) is 4.92 Å². The van der Waals surface area contributed by atoms with Gasteiger partial charge in [-0.1, -0.05) is 6.42 Å². The third kappa shape index (κ3) is 3.06. The molecule has 1 aliphatic carbocycles. The van der Waals surface area contributed by atoms with Crippen LogP contribution in [0.5, 0.6) is 5.75 Å². The maximum absolute atomic E-state index is 10.8. The lowest BCUT2D eigenvalue weighted by atomic mass is 9.86. The quantitative estimate of drug-likeness (QED) is 0.671. The monoisotopic (exact) mass is 275 g/mol. The number of benzene rings is 1. The van der Waals surface area contributed by atoms with E-state index in [9.17, 15) is 10.1 Å². The topological polar surface area (TPSA) is 102 Å². The molecule has 0 heterocycles. The summed E-state index contributed by atoms with van der Waals surface area (Å²) in [5.74, 6) is 0.807. The molecule has 0 saturated heterocycles. The average Bonchev–Trinajstić information content (AvgIpc) is 2.47. The summed E-state index contributed by atoms with van der Waals surface area (Å²) in [5.41, 5.74) is 5.57. The van der Waals surface area contributed by atoms with Gasteiger partial charge in [0.1, 0.15) is 23.5 Å². The number of ether oxygens (including phenoxy) is 1. The van der Waals surface area contributed by atoms with Crippen LogP contribution in [-0.2, 0) is 0 Å². The van der Waals surface area contributed by atoms with Crippen LogP contribution in [0.15, 0.2) is 18.2 Å². The van der Waals surface area contributed by atoms with E-state index in [0.29, 0.717) is 18.2 Å². The molecule has 2 N–H and O–H groups in total. The molecule has 1 aromatic rings. The first kappa shape index (κ1) is 14.3. The summed E-state index contributed by atoms with van der Waals surface area (Å²) in [6, 6.07) is 6.12. The van der Waals surface area contributed by atoms with Crippen molar-refractivity contribution in [2.75, 3.05) is 6.54 Å². The molecule has 0 aliphatic heterocycles. The van der Waals surface area contributed by atoms with E-state index in [2.05, 4.69) is 0 Å². The summed E-state index contributed by atoms with van der Waals surface area (Å²) >= 11 is 0. The SMILES string of the molecule is N#Cc1cc(OC2CCCCC2CN)ccc1[N+](=O)[O-]. The highest BCUT2D eigenvalue weighted by molar-refractivity contribution is 5.52. The lowest BCUT2D eigenvalue weighted by Gasteiger charge is -2.31. The molecular formula is C14H17N3O3. The number of hydrogen-bond acceptors (Lipinski definition) is 5. The predicted molar refractivity (Wildman–Crippen MR) is 73.2 cm³/mol. The zero-order chi connectivity index (χ0) is 14.5. The van der Waals surface area contributed by atoms with Crippen LogP contribution in [0.2, 0.25) is 0 Å². The lowest BCUT2D eigenvalue weighted by Crippen LogP contribution is -2.35. The van der Waals surface area contributed by atoms with Gasteiger partial charge in [-0.2, -0.15) is 5.26 Å². The lowest BCUT2D eigenvalue weighted by molar-refractivity contribution is -0.385. The van der Waals surface area contributed by atoms with Gasteiger partial charge in [0.25, 0.3) is 5.69 Å². The molecule has 1 saturated carbocycles. The van der Waals surface area contributed by atoms with Crippen LogP contribution in [0.1, 0.15) is 31.2 Å². The number of nitrogens with zero attached hydrogens (tertiary/aromatic N) is 2. The van der Waals surface area contributed by atoms with Crippen LogP contribution in [0, 0.1) is 27.4 Å². The van der Waals surface area contributed by atoms with Gasteiger partial charge in [-0.25, -0.2) is 0 Å². The van der Waals surface area contributed by atoms with E-state index in [1.807, 2.05) is 6.07 Å². The number of rotatable bonds is 4. The molecule has 106 valence electrons. The van der Waals surface area contributed by atoms with Crippen LogP contribution in [0.25, 0.3) is 0 Å². The fourth-order valence-electron chi connectivity index (χ4n) is 2.61. The standard InChI is InChI=1S/C14H17N3O3/c15-8-10-3-1-2-4-14(10)20-12-5-6-13(17(18)19)11(7-12)9-16/h5-7,10,14H,1-4,8,15H2. The molecule has 1 aliphatic rings. The summed E-state index contributed by atoms with van der Waals surface area (Å²) < 4.78 is 5.88. The summed E-state index contributed by atoms with van der Waals surface area (Å²) in [6.45, 7) is 0.572. The smallest absolute Gasteiger partial charge is 0.287 e. The maximum Gasteiger partial charge on any atom is 0.287 e.